The Morgan fingerprint density at radius 3 is 2.91 bits per heavy atom. The minimum Gasteiger partial charge on any atom is -0.497 e. The zero-order valence-electron chi connectivity index (χ0n) is 12.3. The van der Waals surface area contributed by atoms with Crippen LogP contribution in [0.15, 0.2) is 54.7 Å². The van der Waals surface area contributed by atoms with Gasteiger partial charge < -0.3 is 10.1 Å². The topological polar surface area (TPSA) is 34.1 Å². The first-order valence-electron chi connectivity index (χ1n) is 7.17. The van der Waals surface area contributed by atoms with Crippen molar-refractivity contribution < 1.29 is 4.74 Å². The number of nitrogens with zero attached hydrogens (tertiary/aromatic N) is 1. The standard InChI is InChI=1S/C18H17ClN2O/c1-22-15-4-2-3-13(11-15)7-9-20-17-8-10-21-18-12-14(19)5-6-16(17)18/h2-6,8,10-12H,7,9H2,1H3,(H,20,21). The minimum absolute atomic E-state index is 0.702. The van der Waals surface area contributed by atoms with Gasteiger partial charge in [-0.05, 0) is 48.4 Å². The molecule has 3 nitrogen and oxygen atoms in total. The monoisotopic (exact) mass is 312 g/mol. The maximum absolute atomic E-state index is 6.01. The lowest BCUT2D eigenvalue weighted by atomic mass is 10.1. The van der Waals surface area contributed by atoms with Gasteiger partial charge in [0.05, 0.1) is 12.6 Å². The zero-order chi connectivity index (χ0) is 15.4. The maximum Gasteiger partial charge on any atom is 0.119 e. The number of anilines is 1. The lowest BCUT2D eigenvalue weighted by Gasteiger charge is -2.10. The fraction of sp³-hybridized carbons (Fsp3) is 0.167. The highest BCUT2D eigenvalue weighted by Crippen LogP contribution is 2.24. The van der Waals surface area contributed by atoms with E-state index in [2.05, 4.69) is 22.4 Å². The summed E-state index contributed by atoms with van der Waals surface area (Å²) in [5.41, 5.74) is 3.22. The van der Waals surface area contributed by atoms with Crippen molar-refractivity contribution in [3.63, 3.8) is 0 Å². The third-order valence-corrected chi connectivity index (χ3v) is 3.80. The molecule has 0 aliphatic rings. The molecule has 0 unspecified atom stereocenters. The van der Waals surface area contributed by atoms with Gasteiger partial charge in [0.2, 0.25) is 0 Å². The van der Waals surface area contributed by atoms with E-state index in [1.807, 2.05) is 36.4 Å². The van der Waals surface area contributed by atoms with Gasteiger partial charge in [0.1, 0.15) is 5.75 Å². The summed E-state index contributed by atoms with van der Waals surface area (Å²) in [5, 5.41) is 5.25. The molecule has 3 aromatic rings. The first-order chi connectivity index (χ1) is 10.8. The van der Waals surface area contributed by atoms with E-state index in [9.17, 15) is 0 Å². The number of pyridine rings is 1. The van der Waals surface area contributed by atoms with E-state index in [1.54, 1.807) is 13.3 Å². The van der Waals surface area contributed by atoms with Gasteiger partial charge in [-0.1, -0.05) is 23.7 Å². The highest BCUT2D eigenvalue weighted by Gasteiger charge is 2.03. The van der Waals surface area contributed by atoms with E-state index in [0.29, 0.717) is 5.02 Å². The molecule has 1 heterocycles. The van der Waals surface area contributed by atoms with Crippen LogP contribution in [-0.2, 0) is 6.42 Å². The van der Waals surface area contributed by atoms with Crippen LogP contribution in [0.2, 0.25) is 5.02 Å². The van der Waals surface area contributed by atoms with Crippen molar-refractivity contribution in [2.75, 3.05) is 19.0 Å². The SMILES string of the molecule is COc1cccc(CCNc2ccnc3cc(Cl)ccc23)c1. The molecule has 0 amide bonds. The molecule has 1 N–H and O–H groups in total. The smallest absolute Gasteiger partial charge is 0.119 e. The van der Waals surface area contributed by atoms with E-state index in [4.69, 9.17) is 16.3 Å². The van der Waals surface area contributed by atoms with Crippen LogP contribution >= 0.6 is 11.6 Å². The predicted octanol–water partition coefficient (Wildman–Crippen LogP) is 4.55. The van der Waals surface area contributed by atoms with Gasteiger partial charge in [0.25, 0.3) is 0 Å². The van der Waals surface area contributed by atoms with Crippen LogP contribution in [0.4, 0.5) is 5.69 Å². The number of aromatic nitrogens is 1. The molecule has 0 bridgehead atoms. The Labute approximate surface area is 134 Å². The Balaban J connectivity index is 1.71. The summed E-state index contributed by atoms with van der Waals surface area (Å²) in [6.07, 6.45) is 2.72. The summed E-state index contributed by atoms with van der Waals surface area (Å²) >= 11 is 6.01. The Bertz CT molecular complexity index is 789. The third-order valence-electron chi connectivity index (χ3n) is 3.57. The highest BCUT2D eigenvalue weighted by atomic mass is 35.5. The van der Waals surface area contributed by atoms with Gasteiger partial charge in [0, 0.05) is 28.8 Å². The summed E-state index contributed by atoms with van der Waals surface area (Å²) in [5.74, 6) is 0.890. The number of methoxy groups -OCH3 is 1. The molecule has 0 aliphatic heterocycles. The summed E-state index contributed by atoms with van der Waals surface area (Å²) in [6, 6.07) is 15.9. The van der Waals surface area contributed by atoms with Gasteiger partial charge >= 0.3 is 0 Å². The van der Waals surface area contributed by atoms with Crippen molar-refractivity contribution in [2.45, 2.75) is 6.42 Å². The number of ether oxygens (including phenoxy) is 1. The quantitative estimate of drug-likeness (QED) is 0.750. The number of benzene rings is 2. The lowest BCUT2D eigenvalue weighted by Crippen LogP contribution is -2.05. The molecule has 3 rings (SSSR count). The number of rotatable bonds is 5. The fourth-order valence-electron chi connectivity index (χ4n) is 2.44. The van der Waals surface area contributed by atoms with Gasteiger partial charge in [-0.25, -0.2) is 0 Å². The number of fused-ring (bicyclic) bond motifs is 1. The van der Waals surface area contributed by atoms with Crippen molar-refractivity contribution in [2.24, 2.45) is 0 Å². The van der Waals surface area contributed by atoms with Gasteiger partial charge in [-0.3, -0.25) is 4.98 Å². The Kier molecular flexibility index (Phi) is 4.45. The van der Waals surface area contributed by atoms with E-state index >= 15 is 0 Å². The van der Waals surface area contributed by atoms with Crippen molar-refractivity contribution in [1.29, 1.82) is 0 Å². The number of halogens is 1. The summed E-state index contributed by atoms with van der Waals surface area (Å²) in [4.78, 5) is 4.35. The predicted molar refractivity (Wildman–Crippen MR) is 91.9 cm³/mol. The second kappa shape index (κ2) is 6.67. The van der Waals surface area contributed by atoms with Crippen molar-refractivity contribution in [3.05, 3.63) is 65.3 Å². The molecule has 0 spiro atoms. The Morgan fingerprint density at radius 1 is 1.14 bits per heavy atom. The molecule has 2 aromatic carbocycles. The number of nitrogens with one attached hydrogen (secondary N) is 1. The van der Waals surface area contributed by atoms with E-state index in [1.165, 1.54) is 5.56 Å². The van der Waals surface area contributed by atoms with Crippen LogP contribution in [0, 0.1) is 0 Å². The Morgan fingerprint density at radius 2 is 2.05 bits per heavy atom. The molecule has 0 aliphatic carbocycles. The molecular formula is C18H17ClN2O. The normalized spacial score (nSPS) is 10.6. The minimum atomic E-state index is 0.702. The average molecular weight is 313 g/mol. The van der Waals surface area contributed by atoms with Crippen molar-refractivity contribution in [1.82, 2.24) is 4.98 Å². The molecule has 0 saturated carbocycles. The van der Waals surface area contributed by atoms with Gasteiger partial charge in [0.15, 0.2) is 0 Å². The molecule has 4 heteroatoms. The van der Waals surface area contributed by atoms with Crippen LogP contribution < -0.4 is 10.1 Å². The van der Waals surface area contributed by atoms with E-state index < -0.39 is 0 Å². The van der Waals surface area contributed by atoms with Gasteiger partial charge in [-0.15, -0.1) is 0 Å². The van der Waals surface area contributed by atoms with Crippen LogP contribution in [0.25, 0.3) is 10.9 Å². The summed E-state index contributed by atoms with van der Waals surface area (Å²) in [7, 11) is 1.69. The van der Waals surface area contributed by atoms with Crippen LogP contribution in [-0.4, -0.2) is 18.6 Å². The first kappa shape index (κ1) is 14.7. The number of hydrogen-bond donors (Lipinski definition) is 1. The van der Waals surface area contributed by atoms with Gasteiger partial charge in [-0.2, -0.15) is 0 Å². The molecule has 22 heavy (non-hydrogen) atoms. The van der Waals surface area contributed by atoms with Crippen LogP contribution in [0.1, 0.15) is 5.56 Å². The van der Waals surface area contributed by atoms with E-state index in [-0.39, 0.29) is 0 Å². The van der Waals surface area contributed by atoms with Crippen LogP contribution in [0.3, 0.4) is 0 Å². The molecular weight excluding hydrogens is 296 g/mol. The van der Waals surface area contributed by atoms with Crippen molar-refractivity contribution in [3.8, 4) is 5.75 Å². The van der Waals surface area contributed by atoms with Crippen LogP contribution in [0.5, 0.6) is 5.75 Å². The average Bonchev–Trinajstić information content (AvgIpc) is 2.55. The second-order valence-corrected chi connectivity index (χ2v) is 5.48. The molecule has 0 fully saturated rings. The first-order valence-corrected chi connectivity index (χ1v) is 7.55. The molecule has 1 aromatic heterocycles. The third kappa shape index (κ3) is 3.31. The number of hydrogen-bond acceptors (Lipinski definition) is 3. The zero-order valence-corrected chi connectivity index (χ0v) is 13.1. The second-order valence-electron chi connectivity index (χ2n) is 5.05. The fourth-order valence-corrected chi connectivity index (χ4v) is 2.61. The van der Waals surface area contributed by atoms with Crippen molar-refractivity contribution >= 4 is 28.2 Å². The molecule has 112 valence electrons. The summed E-state index contributed by atoms with van der Waals surface area (Å²) in [6.45, 7) is 0.842. The highest BCUT2D eigenvalue weighted by molar-refractivity contribution is 6.31. The lowest BCUT2D eigenvalue weighted by molar-refractivity contribution is 0.414. The summed E-state index contributed by atoms with van der Waals surface area (Å²) < 4.78 is 5.25. The van der Waals surface area contributed by atoms with E-state index in [0.717, 1.165) is 35.3 Å². The molecule has 0 atom stereocenters. The molecule has 0 saturated heterocycles. The maximum atomic E-state index is 6.01. The largest absolute Gasteiger partial charge is 0.497 e. The Hall–Kier alpha value is -2.26. The molecule has 0 radical (unpaired) electrons.